The Kier molecular flexibility index (Phi) is 4.15. The summed E-state index contributed by atoms with van der Waals surface area (Å²) in [4.78, 5) is 0. The minimum atomic E-state index is -4.36. The van der Waals surface area contributed by atoms with Crippen molar-refractivity contribution in [2.75, 3.05) is 0 Å². The highest BCUT2D eigenvalue weighted by Crippen LogP contribution is 2.29. The SMILES string of the molecule is Fc1ccc(C#Cc2ccc(C(F)(F)F)cc2)c(Br)c1. The second kappa shape index (κ2) is 5.68. The molecule has 2 rings (SSSR count). The molecule has 0 aromatic heterocycles. The third kappa shape index (κ3) is 3.61. The fraction of sp³-hybridized carbons (Fsp3) is 0.0667. The summed E-state index contributed by atoms with van der Waals surface area (Å²) in [6, 6.07) is 8.59. The molecule has 0 spiro atoms. The Morgan fingerprint density at radius 3 is 2.10 bits per heavy atom. The molecule has 0 aliphatic carbocycles. The van der Waals surface area contributed by atoms with Crippen LogP contribution in [0.5, 0.6) is 0 Å². The van der Waals surface area contributed by atoms with Gasteiger partial charge in [-0.05, 0) is 58.4 Å². The molecule has 0 fully saturated rings. The van der Waals surface area contributed by atoms with E-state index in [2.05, 4.69) is 27.8 Å². The normalized spacial score (nSPS) is 10.8. The third-order valence-corrected chi connectivity index (χ3v) is 3.14. The van der Waals surface area contributed by atoms with Crippen molar-refractivity contribution in [1.82, 2.24) is 0 Å². The molecule has 5 heteroatoms. The maximum Gasteiger partial charge on any atom is 0.416 e. The van der Waals surface area contributed by atoms with Crippen molar-refractivity contribution in [3.05, 3.63) is 69.4 Å². The Balaban J connectivity index is 2.25. The van der Waals surface area contributed by atoms with Crippen LogP contribution >= 0.6 is 15.9 Å². The van der Waals surface area contributed by atoms with Gasteiger partial charge in [0.15, 0.2) is 0 Å². The summed E-state index contributed by atoms with van der Waals surface area (Å²) >= 11 is 3.17. The van der Waals surface area contributed by atoms with E-state index in [0.717, 1.165) is 12.1 Å². The first-order valence-corrected chi connectivity index (χ1v) is 6.30. The first-order chi connectivity index (χ1) is 9.36. The zero-order chi connectivity index (χ0) is 14.8. The predicted molar refractivity (Wildman–Crippen MR) is 71.5 cm³/mol. The van der Waals surface area contributed by atoms with Crippen LogP contribution in [0.4, 0.5) is 17.6 Å². The molecule has 102 valence electrons. The number of hydrogen-bond donors (Lipinski definition) is 0. The Bertz CT molecular complexity index is 676. The fourth-order valence-corrected chi connectivity index (χ4v) is 1.92. The maximum absolute atomic E-state index is 12.9. The highest BCUT2D eigenvalue weighted by Gasteiger charge is 2.29. The first kappa shape index (κ1) is 14.6. The maximum atomic E-state index is 12.9. The van der Waals surface area contributed by atoms with Crippen LogP contribution in [0, 0.1) is 17.7 Å². The minimum absolute atomic E-state index is 0.392. The van der Waals surface area contributed by atoms with Gasteiger partial charge in [-0.3, -0.25) is 0 Å². The van der Waals surface area contributed by atoms with E-state index in [1.807, 2.05) is 0 Å². The average Bonchev–Trinajstić information content (AvgIpc) is 2.37. The van der Waals surface area contributed by atoms with E-state index in [0.29, 0.717) is 15.6 Å². The van der Waals surface area contributed by atoms with Gasteiger partial charge in [0.2, 0.25) is 0 Å². The quantitative estimate of drug-likeness (QED) is 0.466. The average molecular weight is 343 g/mol. The highest BCUT2D eigenvalue weighted by molar-refractivity contribution is 9.10. The van der Waals surface area contributed by atoms with Crippen molar-refractivity contribution >= 4 is 15.9 Å². The summed E-state index contributed by atoms with van der Waals surface area (Å²) in [6.07, 6.45) is -4.36. The number of halogens is 5. The van der Waals surface area contributed by atoms with Crippen molar-refractivity contribution in [1.29, 1.82) is 0 Å². The van der Waals surface area contributed by atoms with E-state index in [1.54, 1.807) is 0 Å². The Morgan fingerprint density at radius 1 is 0.900 bits per heavy atom. The van der Waals surface area contributed by atoms with Crippen LogP contribution in [0.25, 0.3) is 0 Å². The summed E-state index contributed by atoms with van der Waals surface area (Å²) in [5.41, 5.74) is 0.298. The van der Waals surface area contributed by atoms with E-state index in [-0.39, 0.29) is 0 Å². The molecular formula is C15H7BrF4. The molecule has 0 unspecified atom stereocenters. The Hall–Kier alpha value is -1.80. The Morgan fingerprint density at radius 2 is 1.55 bits per heavy atom. The van der Waals surface area contributed by atoms with Crippen LogP contribution in [0.3, 0.4) is 0 Å². The standard InChI is InChI=1S/C15H7BrF4/c16-14-9-13(17)8-5-11(14)4-1-10-2-6-12(7-3-10)15(18,19)20/h2-3,5-9H. The van der Waals surface area contributed by atoms with Gasteiger partial charge in [-0.2, -0.15) is 13.2 Å². The molecule has 0 aliphatic rings. The molecule has 0 aliphatic heterocycles. The molecule has 0 saturated heterocycles. The van der Waals surface area contributed by atoms with Gasteiger partial charge in [-0.15, -0.1) is 0 Å². The van der Waals surface area contributed by atoms with Gasteiger partial charge in [-0.1, -0.05) is 11.8 Å². The number of hydrogen-bond acceptors (Lipinski definition) is 0. The molecule has 2 aromatic rings. The molecule has 0 saturated carbocycles. The lowest BCUT2D eigenvalue weighted by atomic mass is 10.1. The molecule has 2 aromatic carbocycles. The molecule has 0 bridgehead atoms. The minimum Gasteiger partial charge on any atom is -0.207 e. The highest BCUT2D eigenvalue weighted by atomic mass is 79.9. The van der Waals surface area contributed by atoms with Crippen molar-refractivity contribution in [2.24, 2.45) is 0 Å². The van der Waals surface area contributed by atoms with Crippen LogP contribution in [0.2, 0.25) is 0 Å². The molecule has 0 heterocycles. The van der Waals surface area contributed by atoms with Gasteiger partial charge in [0.1, 0.15) is 5.82 Å². The summed E-state index contributed by atoms with van der Waals surface area (Å²) in [5.74, 6) is 5.11. The van der Waals surface area contributed by atoms with E-state index in [9.17, 15) is 17.6 Å². The van der Waals surface area contributed by atoms with Gasteiger partial charge in [0.25, 0.3) is 0 Å². The molecular weight excluding hydrogens is 336 g/mol. The van der Waals surface area contributed by atoms with Gasteiger partial charge in [-0.25, -0.2) is 4.39 Å². The zero-order valence-corrected chi connectivity index (χ0v) is 11.5. The van der Waals surface area contributed by atoms with Crippen LogP contribution in [0.1, 0.15) is 16.7 Å². The van der Waals surface area contributed by atoms with E-state index in [4.69, 9.17) is 0 Å². The molecule has 0 radical (unpaired) electrons. The van der Waals surface area contributed by atoms with Gasteiger partial charge in [0, 0.05) is 15.6 Å². The van der Waals surface area contributed by atoms with Crippen molar-refractivity contribution in [2.45, 2.75) is 6.18 Å². The predicted octanol–water partition coefficient (Wildman–Crippen LogP) is 5.01. The van der Waals surface area contributed by atoms with Crippen molar-refractivity contribution in [3.63, 3.8) is 0 Å². The largest absolute Gasteiger partial charge is 0.416 e. The molecule has 0 nitrogen and oxygen atoms in total. The van der Waals surface area contributed by atoms with E-state index < -0.39 is 17.6 Å². The second-order valence-electron chi connectivity index (χ2n) is 3.95. The number of alkyl halides is 3. The van der Waals surface area contributed by atoms with Crippen LogP contribution in [-0.2, 0) is 6.18 Å². The van der Waals surface area contributed by atoms with Crippen molar-refractivity contribution in [3.8, 4) is 11.8 Å². The lowest BCUT2D eigenvalue weighted by molar-refractivity contribution is -0.137. The van der Waals surface area contributed by atoms with Crippen LogP contribution in [0.15, 0.2) is 46.9 Å². The van der Waals surface area contributed by atoms with E-state index >= 15 is 0 Å². The summed E-state index contributed by atoms with van der Waals surface area (Å²) in [5, 5.41) is 0. The first-order valence-electron chi connectivity index (χ1n) is 5.50. The summed E-state index contributed by atoms with van der Waals surface area (Å²) < 4.78 is 50.5. The van der Waals surface area contributed by atoms with E-state index in [1.165, 1.54) is 30.3 Å². The smallest absolute Gasteiger partial charge is 0.207 e. The summed E-state index contributed by atoms with van der Waals surface area (Å²) in [6.45, 7) is 0. The molecule has 0 amide bonds. The lowest BCUT2D eigenvalue weighted by Crippen LogP contribution is -2.04. The second-order valence-corrected chi connectivity index (χ2v) is 4.80. The van der Waals surface area contributed by atoms with Gasteiger partial charge in [0.05, 0.1) is 5.56 Å². The fourth-order valence-electron chi connectivity index (χ4n) is 1.47. The van der Waals surface area contributed by atoms with Crippen LogP contribution < -0.4 is 0 Å². The third-order valence-electron chi connectivity index (χ3n) is 2.48. The van der Waals surface area contributed by atoms with Gasteiger partial charge >= 0.3 is 6.18 Å². The monoisotopic (exact) mass is 342 g/mol. The molecule has 0 atom stereocenters. The van der Waals surface area contributed by atoms with Crippen LogP contribution in [-0.4, -0.2) is 0 Å². The van der Waals surface area contributed by atoms with Gasteiger partial charge < -0.3 is 0 Å². The lowest BCUT2D eigenvalue weighted by Gasteiger charge is -2.05. The summed E-state index contributed by atoms with van der Waals surface area (Å²) in [7, 11) is 0. The Labute approximate surface area is 121 Å². The zero-order valence-electron chi connectivity index (χ0n) is 9.93. The van der Waals surface area contributed by atoms with Crippen molar-refractivity contribution < 1.29 is 17.6 Å². The molecule has 0 N–H and O–H groups in total. The molecule has 20 heavy (non-hydrogen) atoms. The number of rotatable bonds is 0. The number of benzene rings is 2. The topological polar surface area (TPSA) is 0 Å².